The lowest BCUT2D eigenvalue weighted by Gasteiger charge is -2.10. The number of nitrogens with zero attached hydrogens (tertiary/aromatic N) is 1. The third-order valence-electron chi connectivity index (χ3n) is 3.10. The molecule has 0 aliphatic rings. The lowest BCUT2D eigenvalue weighted by Crippen LogP contribution is -1.95. The second-order valence-electron chi connectivity index (χ2n) is 4.75. The fraction of sp³-hybridized carbons (Fsp3) is 0.0556. The Labute approximate surface area is 139 Å². The van der Waals surface area contributed by atoms with Crippen LogP contribution >= 0.6 is 11.8 Å². The van der Waals surface area contributed by atoms with Crippen LogP contribution in [0.2, 0.25) is 0 Å². The molecule has 3 aromatic rings. The van der Waals surface area contributed by atoms with Crippen LogP contribution in [0, 0.1) is 0 Å². The van der Waals surface area contributed by atoms with Crippen LogP contribution in [0.5, 0.6) is 17.2 Å². The van der Waals surface area contributed by atoms with Crippen molar-refractivity contribution in [1.82, 2.24) is 4.98 Å². The van der Waals surface area contributed by atoms with E-state index in [1.165, 1.54) is 0 Å². The quantitative estimate of drug-likeness (QED) is 0.742. The van der Waals surface area contributed by atoms with Crippen molar-refractivity contribution in [3.05, 3.63) is 66.9 Å². The molecule has 116 valence electrons. The number of hydrogen-bond acceptors (Lipinski definition) is 5. The minimum atomic E-state index is 0.365. The van der Waals surface area contributed by atoms with Gasteiger partial charge in [0.05, 0.1) is 7.11 Å². The lowest BCUT2D eigenvalue weighted by molar-refractivity contribution is 0.413. The molecule has 0 unspecified atom stereocenters. The van der Waals surface area contributed by atoms with Gasteiger partial charge in [0.2, 0.25) is 0 Å². The number of hydrogen-bond donors (Lipinski definition) is 1. The number of methoxy groups -OCH3 is 1. The Morgan fingerprint density at radius 1 is 0.913 bits per heavy atom. The molecule has 4 nitrogen and oxygen atoms in total. The smallest absolute Gasteiger partial charge is 0.170 e. The van der Waals surface area contributed by atoms with Gasteiger partial charge in [0, 0.05) is 22.1 Å². The monoisotopic (exact) mass is 324 g/mol. The first kappa shape index (κ1) is 15.2. The first-order valence-corrected chi connectivity index (χ1v) is 7.86. The summed E-state index contributed by atoms with van der Waals surface area (Å²) in [5.74, 6) is 2.46. The summed E-state index contributed by atoms with van der Waals surface area (Å²) >= 11 is 1.57. The normalized spacial score (nSPS) is 10.3. The Balaban J connectivity index is 1.82. The van der Waals surface area contributed by atoms with Gasteiger partial charge in [-0.05, 0) is 30.3 Å². The highest BCUT2D eigenvalue weighted by atomic mass is 32.2. The number of benzene rings is 2. The average Bonchev–Trinajstić information content (AvgIpc) is 2.59. The van der Waals surface area contributed by atoms with Gasteiger partial charge in [0.1, 0.15) is 11.5 Å². The van der Waals surface area contributed by atoms with Crippen molar-refractivity contribution in [2.45, 2.75) is 9.79 Å². The van der Waals surface area contributed by atoms with Crippen molar-refractivity contribution in [2.24, 2.45) is 0 Å². The van der Waals surface area contributed by atoms with Crippen molar-refractivity contribution >= 4 is 17.6 Å². The van der Waals surface area contributed by atoms with Gasteiger partial charge in [0.25, 0.3) is 0 Å². The number of anilines is 1. The largest absolute Gasteiger partial charge is 0.497 e. The maximum absolute atomic E-state index is 5.91. The van der Waals surface area contributed by atoms with Crippen LogP contribution in [0.3, 0.4) is 0 Å². The van der Waals surface area contributed by atoms with Crippen molar-refractivity contribution in [3.8, 4) is 17.2 Å². The standard InChI is InChI=1S/C18H16N2O2S/c1-21-14-8-5-9-15(10-14)23-16-11-17(18(19)20-12-16)22-13-6-3-2-4-7-13/h2-12H,1H3,(H2,19,20). The van der Waals surface area contributed by atoms with Gasteiger partial charge in [-0.15, -0.1) is 0 Å². The number of nitrogens with two attached hydrogens (primary N) is 1. The Morgan fingerprint density at radius 3 is 2.48 bits per heavy atom. The Bertz CT molecular complexity index is 794. The van der Waals surface area contributed by atoms with Crippen LogP contribution in [0.4, 0.5) is 5.82 Å². The maximum atomic E-state index is 5.91. The van der Waals surface area contributed by atoms with E-state index in [9.17, 15) is 0 Å². The van der Waals surface area contributed by atoms with Crippen LogP contribution in [0.25, 0.3) is 0 Å². The van der Waals surface area contributed by atoms with Gasteiger partial charge >= 0.3 is 0 Å². The SMILES string of the molecule is COc1cccc(Sc2cnc(N)c(Oc3ccccc3)c2)c1. The van der Waals surface area contributed by atoms with E-state index in [2.05, 4.69) is 4.98 Å². The molecule has 0 fully saturated rings. The molecular weight excluding hydrogens is 308 g/mol. The van der Waals surface area contributed by atoms with E-state index in [0.717, 1.165) is 21.3 Å². The van der Waals surface area contributed by atoms with Crippen molar-refractivity contribution in [2.75, 3.05) is 12.8 Å². The zero-order valence-electron chi connectivity index (χ0n) is 12.6. The molecule has 1 aromatic heterocycles. The zero-order chi connectivity index (χ0) is 16.1. The highest BCUT2D eigenvalue weighted by Gasteiger charge is 2.07. The fourth-order valence-corrected chi connectivity index (χ4v) is 2.86. The molecule has 3 rings (SSSR count). The van der Waals surface area contributed by atoms with E-state index >= 15 is 0 Å². The molecule has 0 saturated carbocycles. The van der Waals surface area contributed by atoms with Crippen LogP contribution in [-0.2, 0) is 0 Å². The van der Waals surface area contributed by atoms with E-state index in [0.29, 0.717) is 11.6 Å². The summed E-state index contributed by atoms with van der Waals surface area (Å²) in [6.45, 7) is 0. The molecule has 0 atom stereocenters. The average molecular weight is 324 g/mol. The minimum Gasteiger partial charge on any atom is -0.497 e. The summed E-state index contributed by atoms with van der Waals surface area (Å²) in [4.78, 5) is 6.21. The number of ether oxygens (including phenoxy) is 2. The summed E-state index contributed by atoms with van der Waals surface area (Å²) in [7, 11) is 1.65. The zero-order valence-corrected chi connectivity index (χ0v) is 13.4. The summed E-state index contributed by atoms with van der Waals surface area (Å²) < 4.78 is 11.0. The van der Waals surface area contributed by atoms with Crippen LogP contribution < -0.4 is 15.2 Å². The number of pyridine rings is 1. The predicted octanol–water partition coefficient (Wildman–Crippen LogP) is 4.62. The number of para-hydroxylation sites is 1. The van der Waals surface area contributed by atoms with Crippen LogP contribution in [0.15, 0.2) is 76.7 Å². The van der Waals surface area contributed by atoms with Crippen LogP contribution in [0.1, 0.15) is 0 Å². The summed E-state index contributed by atoms with van der Waals surface area (Å²) in [6.07, 6.45) is 1.73. The van der Waals surface area contributed by atoms with Gasteiger partial charge in [-0.1, -0.05) is 36.0 Å². The summed E-state index contributed by atoms with van der Waals surface area (Å²) in [6, 6.07) is 19.2. The van der Waals surface area contributed by atoms with Crippen molar-refractivity contribution < 1.29 is 9.47 Å². The molecule has 23 heavy (non-hydrogen) atoms. The van der Waals surface area contributed by atoms with E-state index in [1.54, 1.807) is 25.1 Å². The minimum absolute atomic E-state index is 0.365. The fourth-order valence-electron chi connectivity index (χ4n) is 1.99. The second kappa shape index (κ2) is 7.07. The third kappa shape index (κ3) is 3.96. The van der Waals surface area contributed by atoms with Crippen molar-refractivity contribution in [1.29, 1.82) is 0 Å². The topological polar surface area (TPSA) is 57.4 Å². The van der Waals surface area contributed by atoms with Gasteiger partial charge in [-0.3, -0.25) is 0 Å². The molecule has 1 heterocycles. The first-order chi connectivity index (χ1) is 11.2. The molecule has 0 bridgehead atoms. The summed E-state index contributed by atoms with van der Waals surface area (Å²) in [5, 5.41) is 0. The molecule has 5 heteroatoms. The molecule has 2 N–H and O–H groups in total. The molecule has 0 radical (unpaired) electrons. The second-order valence-corrected chi connectivity index (χ2v) is 5.90. The van der Waals surface area contributed by atoms with Gasteiger partial charge in [-0.2, -0.15) is 0 Å². The highest BCUT2D eigenvalue weighted by Crippen LogP contribution is 2.34. The first-order valence-electron chi connectivity index (χ1n) is 7.05. The molecular formula is C18H16N2O2S. The lowest BCUT2D eigenvalue weighted by atomic mass is 10.3. The summed E-state index contributed by atoms with van der Waals surface area (Å²) in [5.41, 5.74) is 5.91. The molecule has 0 amide bonds. The molecule has 2 aromatic carbocycles. The molecule has 0 aliphatic carbocycles. The van der Waals surface area contributed by atoms with Gasteiger partial charge < -0.3 is 15.2 Å². The van der Waals surface area contributed by atoms with E-state index in [4.69, 9.17) is 15.2 Å². The number of aromatic nitrogens is 1. The predicted molar refractivity (Wildman–Crippen MR) is 92.3 cm³/mol. The highest BCUT2D eigenvalue weighted by molar-refractivity contribution is 7.99. The maximum Gasteiger partial charge on any atom is 0.170 e. The number of nitrogen functional groups attached to an aromatic ring is 1. The van der Waals surface area contributed by atoms with Crippen LogP contribution in [-0.4, -0.2) is 12.1 Å². The van der Waals surface area contributed by atoms with Crippen molar-refractivity contribution in [3.63, 3.8) is 0 Å². The van der Waals surface area contributed by atoms with E-state index in [-0.39, 0.29) is 0 Å². The van der Waals surface area contributed by atoms with E-state index in [1.807, 2.05) is 60.7 Å². The third-order valence-corrected chi connectivity index (χ3v) is 4.05. The Hall–Kier alpha value is -2.66. The van der Waals surface area contributed by atoms with E-state index < -0.39 is 0 Å². The number of rotatable bonds is 5. The van der Waals surface area contributed by atoms with Gasteiger partial charge in [-0.25, -0.2) is 4.98 Å². The Morgan fingerprint density at radius 2 is 1.70 bits per heavy atom. The molecule has 0 aliphatic heterocycles. The molecule has 0 spiro atoms. The molecule has 0 saturated heterocycles. The van der Waals surface area contributed by atoms with Gasteiger partial charge in [0.15, 0.2) is 11.6 Å². The Kier molecular flexibility index (Phi) is 4.68.